The Morgan fingerprint density at radius 3 is 2.14 bits per heavy atom. The highest BCUT2D eigenvalue weighted by atomic mass is 19.1. The fraction of sp³-hybridized carbons (Fsp3) is 0.235. The molecule has 0 aliphatic carbocycles. The molecule has 0 aliphatic heterocycles. The van der Waals surface area contributed by atoms with Gasteiger partial charge in [-0.1, -0.05) is 39.0 Å². The molecule has 0 atom stereocenters. The van der Waals surface area contributed by atoms with Crippen molar-refractivity contribution in [2.24, 2.45) is 0 Å². The van der Waals surface area contributed by atoms with Crippen molar-refractivity contribution in [2.45, 2.75) is 26.2 Å². The van der Waals surface area contributed by atoms with Crippen LogP contribution in [0.4, 0.5) is 14.5 Å². The summed E-state index contributed by atoms with van der Waals surface area (Å²) in [7, 11) is 0. The summed E-state index contributed by atoms with van der Waals surface area (Å²) in [6.07, 6.45) is 0. The van der Waals surface area contributed by atoms with E-state index in [1.54, 1.807) is 12.1 Å². The molecule has 0 heterocycles. The van der Waals surface area contributed by atoms with Crippen molar-refractivity contribution in [2.75, 3.05) is 5.32 Å². The molecule has 4 heteroatoms. The minimum atomic E-state index is -0.774. The van der Waals surface area contributed by atoms with Crippen LogP contribution in [0, 0.1) is 11.6 Å². The van der Waals surface area contributed by atoms with Crippen molar-refractivity contribution >= 4 is 11.6 Å². The van der Waals surface area contributed by atoms with Gasteiger partial charge in [0, 0.05) is 17.3 Å². The molecule has 1 amide bonds. The van der Waals surface area contributed by atoms with Crippen LogP contribution in [0.25, 0.3) is 0 Å². The Morgan fingerprint density at radius 2 is 1.57 bits per heavy atom. The lowest BCUT2D eigenvalue weighted by Gasteiger charge is -2.23. The van der Waals surface area contributed by atoms with Gasteiger partial charge in [0.1, 0.15) is 11.6 Å². The lowest BCUT2D eigenvalue weighted by atomic mass is 9.86. The number of nitrogens with one attached hydrogen (secondary N) is 1. The molecular weight excluding hydrogens is 272 g/mol. The van der Waals surface area contributed by atoms with E-state index < -0.39 is 17.5 Å². The third-order valence-corrected chi connectivity index (χ3v) is 3.11. The van der Waals surface area contributed by atoms with E-state index in [0.29, 0.717) is 5.69 Å². The number of hydrogen-bond donors (Lipinski definition) is 1. The Kier molecular flexibility index (Phi) is 4.07. The molecule has 0 spiro atoms. The number of carbonyl (C=O) groups is 1. The highest BCUT2D eigenvalue weighted by molar-refractivity contribution is 6.04. The molecule has 21 heavy (non-hydrogen) atoms. The van der Waals surface area contributed by atoms with Crippen molar-refractivity contribution in [1.29, 1.82) is 0 Å². The predicted molar refractivity (Wildman–Crippen MR) is 79.5 cm³/mol. The quantitative estimate of drug-likeness (QED) is 0.865. The fourth-order valence-corrected chi connectivity index (χ4v) is 2.13. The molecule has 0 saturated heterocycles. The van der Waals surface area contributed by atoms with Gasteiger partial charge in [0.05, 0.1) is 0 Å². The van der Waals surface area contributed by atoms with Gasteiger partial charge in [-0.25, -0.2) is 8.78 Å². The first kappa shape index (κ1) is 15.2. The molecule has 2 aromatic carbocycles. The maximum Gasteiger partial charge on any atom is 0.255 e. The van der Waals surface area contributed by atoms with E-state index >= 15 is 0 Å². The van der Waals surface area contributed by atoms with Gasteiger partial charge >= 0.3 is 0 Å². The lowest BCUT2D eigenvalue weighted by Crippen LogP contribution is -2.19. The number of carbonyl (C=O) groups excluding carboxylic acids is 1. The molecule has 0 aromatic heterocycles. The minimum Gasteiger partial charge on any atom is -0.322 e. The normalized spacial score (nSPS) is 11.3. The minimum absolute atomic E-state index is 0.0452. The molecule has 1 N–H and O–H groups in total. The van der Waals surface area contributed by atoms with Gasteiger partial charge < -0.3 is 5.32 Å². The van der Waals surface area contributed by atoms with E-state index in [9.17, 15) is 13.6 Å². The van der Waals surface area contributed by atoms with E-state index in [4.69, 9.17) is 0 Å². The molecule has 0 fully saturated rings. The highest BCUT2D eigenvalue weighted by Gasteiger charge is 2.19. The Labute approximate surface area is 122 Å². The van der Waals surface area contributed by atoms with Crippen LogP contribution in [0.1, 0.15) is 36.7 Å². The first-order valence-electron chi connectivity index (χ1n) is 6.64. The van der Waals surface area contributed by atoms with Crippen LogP contribution in [0.2, 0.25) is 0 Å². The molecule has 0 aliphatic rings. The zero-order chi connectivity index (χ0) is 15.6. The van der Waals surface area contributed by atoms with Gasteiger partial charge in [-0.15, -0.1) is 0 Å². The van der Waals surface area contributed by atoms with Crippen LogP contribution < -0.4 is 5.32 Å². The summed E-state index contributed by atoms with van der Waals surface area (Å²) in [6.45, 7) is 6.08. The third-order valence-electron chi connectivity index (χ3n) is 3.11. The van der Waals surface area contributed by atoms with Crippen LogP contribution in [-0.4, -0.2) is 5.91 Å². The number of rotatable bonds is 2. The Morgan fingerprint density at radius 1 is 1.00 bits per heavy atom. The third kappa shape index (κ3) is 3.66. The van der Waals surface area contributed by atoms with E-state index in [-0.39, 0.29) is 11.0 Å². The number of amides is 1. The number of para-hydroxylation sites is 1. The molecule has 0 saturated carbocycles. The molecule has 0 unspecified atom stereocenters. The second kappa shape index (κ2) is 5.64. The zero-order valence-electron chi connectivity index (χ0n) is 12.2. The number of anilines is 1. The van der Waals surface area contributed by atoms with E-state index in [1.807, 2.05) is 32.9 Å². The molecular formula is C17H17F2NO. The summed E-state index contributed by atoms with van der Waals surface area (Å²) >= 11 is 0. The molecule has 0 radical (unpaired) electrons. The van der Waals surface area contributed by atoms with E-state index in [0.717, 1.165) is 23.8 Å². The van der Waals surface area contributed by atoms with Gasteiger partial charge in [0.15, 0.2) is 0 Å². The summed E-state index contributed by atoms with van der Waals surface area (Å²) < 4.78 is 26.4. The largest absolute Gasteiger partial charge is 0.322 e. The van der Waals surface area contributed by atoms with Crippen LogP contribution in [0.3, 0.4) is 0 Å². The summed E-state index contributed by atoms with van der Waals surface area (Å²) in [4.78, 5) is 12.2. The maximum atomic E-state index is 13.2. The van der Waals surface area contributed by atoms with Gasteiger partial charge in [-0.05, 0) is 29.2 Å². The monoisotopic (exact) mass is 289 g/mol. The van der Waals surface area contributed by atoms with Gasteiger partial charge in [-0.3, -0.25) is 4.79 Å². The predicted octanol–water partition coefficient (Wildman–Crippen LogP) is 4.51. The maximum absolute atomic E-state index is 13.2. The van der Waals surface area contributed by atoms with Crippen molar-refractivity contribution in [3.05, 3.63) is 65.2 Å². The lowest BCUT2D eigenvalue weighted by molar-refractivity contribution is 0.102. The summed E-state index contributed by atoms with van der Waals surface area (Å²) in [5.74, 6) is -2.08. The van der Waals surface area contributed by atoms with Crippen LogP contribution in [-0.2, 0) is 5.41 Å². The van der Waals surface area contributed by atoms with Crippen molar-refractivity contribution in [3.8, 4) is 0 Å². The molecule has 110 valence electrons. The molecule has 2 nitrogen and oxygen atoms in total. The van der Waals surface area contributed by atoms with Crippen LogP contribution in [0.5, 0.6) is 0 Å². The van der Waals surface area contributed by atoms with Crippen molar-refractivity contribution < 1.29 is 13.6 Å². The first-order valence-corrected chi connectivity index (χ1v) is 6.64. The zero-order valence-corrected chi connectivity index (χ0v) is 12.2. The molecule has 0 bridgehead atoms. The smallest absolute Gasteiger partial charge is 0.255 e. The van der Waals surface area contributed by atoms with E-state index in [1.165, 1.54) is 0 Å². The summed E-state index contributed by atoms with van der Waals surface area (Å²) in [5, 5.41) is 2.72. The van der Waals surface area contributed by atoms with Crippen molar-refractivity contribution in [1.82, 2.24) is 0 Å². The summed E-state index contributed by atoms with van der Waals surface area (Å²) in [5.41, 5.74) is 1.39. The second-order valence-electron chi connectivity index (χ2n) is 5.91. The Bertz CT molecular complexity index is 654. The second-order valence-corrected chi connectivity index (χ2v) is 5.91. The first-order chi connectivity index (χ1) is 9.77. The summed E-state index contributed by atoms with van der Waals surface area (Å²) in [6, 6.07) is 10.1. The Hall–Kier alpha value is -2.23. The topological polar surface area (TPSA) is 29.1 Å². The van der Waals surface area contributed by atoms with Crippen LogP contribution in [0.15, 0.2) is 42.5 Å². The average Bonchev–Trinajstić information content (AvgIpc) is 2.37. The standard InChI is InChI=1S/C17H17F2NO/c1-17(2,3)14-6-4-5-7-15(14)20-16(21)11-8-12(18)10-13(19)9-11/h4-10H,1-3H3,(H,20,21). The molecule has 2 rings (SSSR count). The number of halogens is 2. The van der Waals surface area contributed by atoms with Gasteiger partial charge in [-0.2, -0.15) is 0 Å². The van der Waals surface area contributed by atoms with Gasteiger partial charge in [0.2, 0.25) is 0 Å². The van der Waals surface area contributed by atoms with E-state index in [2.05, 4.69) is 5.32 Å². The Balaban J connectivity index is 2.32. The molecule has 2 aromatic rings. The van der Waals surface area contributed by atoms with Gasteiger partial charge in [0.25, 0.3) is 5.91 Å². The number of benzene rings is 2. The fourth-order valence-electron chi connectivity index (χ4n) is 2.13. The highest BCUT2D eigenvalue weighted by Crippen LogP contribution is 2.29. The van der Waals surface area contributed by atoms with Crippen LogP contribution >= 0.6 is 0 Å². The SMILES string of the molecule is CC(C)(C)c1ccccc1NC(=O)c1cc(F)cc(F)c1. The number of hydrogen-bond acceptors (Lipinski definition) is 1. The average molecular weight is 289 g/mol. The van der Waals surface area contributed by atoms with Crippen molar-refractivity contribution in [3.63, 3.8) is 0 Å².